The molecule has 0 spiro atoms. The SMILES string of the molecule is CC(O)(Cc1ccc(F)cc1)CC1CC1. The molecule has 0 radical (unpaired) electrons. The predicted octanol–water partition coefficient (Wildman–Crippen LogP) is 2.92. The second-order valence-corrected chi connectivity index (χ2v) is 4.95. The largest absolute Gasteiger partial charge is 0.390 e. The predicted molar refractivity (Wildman–Crippen MR) is 58.1 cm³/mol. The van der Waals surface area contributed by atoms with E-state index in [1.165, 1.54) is 25.0 Å². The first-order valence-corrected chi connectivity index (χ1v) is 5.52. The second-order valence-electron chi connectivity index (χ2n) is 4.95. The van der Waals surface area contributed by atoms with Crippen LogP contribution >= 0.6 is 0 Å². The highest BCUT2D eigenvalue weighted by molar-refractivity contribution is 5.18. The fourth-order valence-electron chi connectivity index (χ4n) is 2.06. The molecular weight excluding hydrogens is 191 g/mol. The van der Waals surface area contributed by atoms with Gasteiger partial charge in [-0.05, 0) is 37.0 Å². The summed E-state index contributed by atoms with van der Waals surface area (Å²) < 4.78 is 12.7. The van der Waals surface area contributed by atoms with Gasteiger partial charge in [0.25, 0.3) is 0 Å². The Morgan fingerprint density at radius 1 is 1.33 bits per heavy atom. The Labute approximate surface area is 89.9 Å². The van der Waals surface area contributed by atoms with Crippen molar-refractivity contribution in [2.45, 2.75) is 38.2 Å². The Balaban J connectivity index is 1.96. The molecule has 0 amide bonds. The molecule has 1 aliphatic rings. The topological polar surface area (TPSA) is 20.2 Å². The Bertz CT molecular complexity index is 325. The summed E-state index contributed by atoms with van der Waals surface area (Å²) in [4.78, 5) is 0. The molecule has 1 aromatic rings. The Hall–Kier alpha value is -0.890. The van der Waals surface area contributed by atoms with E-state index in [-0.39, 0.29) is 5.82 Å². The summed E-state index contributed by atoms with van der Waals surface area (Å²) in [6.07, 6.45) is 3.98. The quantitative estimate of drug-likeness (QED) is 0.806. The van der Waals surface area contributed by atoms with Crippen molar-refractivity contribution in [3.63, 3.8) is 0 Å². The number of hydrogen-bond acceptors (Lipinski definition) is 1. The highest BCUT2D eigenvalue weighted by Crippen LogP contribution is 2.37. The van der Waals surface area contributed by atoms with Gasteiger partial charge in [-0.15, -0.1) is 0 Å². The molecule has 1 N–H and O–H groups in total. The van der Waals surface area contributed by atoms with Gasteiger partial charge in [0.05, 0.1) is 5.60 Å². The average molecular weight is 208 g/mol. The summed E-state index contributed by atoms with van der Waals surface area (Å²) >= 11 is 0. The molecule has 2 rings (SSSR count). The van der Waals surface area contributed by atoms with Crippen LogP contribution < -0.4 is 0 Å². The van der Waals surface area contributed by atoms with E-state index in [1.54, 1.807) is 12.1 Å². The van der Waals surface area contributed by atoms with Gasteiger partial charge >= 0.3 is 0 Å². The lowest BCUT2D eigenvalue weighted by atomic mass is 9.91. The van der Waals surface area contributed by atoms with E-state index in [1.807, 2.05) is 6.92 Å². The summed E-state index contributed by atoms with van der Waals surface area (Å²) in [6.45, 7) is 1.87. The van der Waals surface area contributed by atoms with Gasteiger partial charge in [0, 0.05) is 6.42 Å². The molecular formula is C13H17FO. The van der Waals surface area contributed by atoms with E-state index in [4.69, 9.17) is 0 Å². The lowest BCUT2D eigenvalue weighted by Gasteiger charge is -2.23. The second kappa shape index (κ2) is 3.93. The maximum atomic E-state index is 12.7. The van der Waals surface area contributed by atoms with Crippen LogP contribution in [0.4, 0.5) is 4.39 Å². The first-order chi connectivity index (χ1) is 7.05. The minimum absolute atomic E-state index is 0.222. The van der Waals surface area contributed by atoms with E-state index in [0.717, 1.165) is 12.0 Å². The smallest absolute Gasteiger partial charge is 0.123 e. The van der Waals surface area contributed by atoms with Crippen molar-refractivity contribution in [3.05, 3.63) is 35.6 Å². The number of rotatable bonds is 4. The normalized spacial score (nSPS) is 19.9. The Kier molecular flexibility index (Phi) is 2.79. The van der Waals surface area contributed by atoms with Crippen LogP contribution in [0.3, 0.4) is 0 Å². The zero-order valence-corrected chi connectivity index (χ0v) is 9.04. The molecule has 1 fully saturated rings. The van der Waals surface area contributed by atoms with Crippen molar-refractivity contribution in [2.24, 2.45) is 5.92 Å². The van der Waals surface area contributed by atoms with Crippen LogP contribution in [-0.4, -0.2) is 10.7 Å². The van der Waals surface area contributed by atoms with Crippen LogP contribution in [0, 0.1) is 11.7 Å². The molecule has 0 heterocycles. The van der Waals surface area contributed by atoms with E-state index in [0.29, 0.717) is 12.3 Å². The first-order valence-electron chi connectivity index (χ1n) is 5.52. The summed E-state index contributed by atoms with van der Waals surface area (Å²) in [5.41, 5.74) is 0.362. The standard InChI is InChI=1S/C13H17FO/c1-13(15,8-10-2-3-10)9-11-4-6-12(14)7-5-11/h4-7,10,15H,2-3,8-9H2,1H3. The van der Waals surface area contributed by atoms with Crippen molar-refractivity contribution in [1.29, 1.82) is 0 Å². The lowest BCUT2D eigenvalue weighted by molar-refractivity contribution is 0.0455. The Morgan fingerprint density at radius 3 is 2.47 bits per heavy atom. The molecule has 2 heteroatoms. The molecule has 0 aromatic heterocycles. The molecule has 1 saturated carbocycles. The van der Waals surface area contributed by atoms with Gasteiger partial charge in [-0.3, -0.25) is 0 Å². The maximum Gasteiger partial charge on any atom is 0.123 e. The zero-order valence-electron chi connectivity index (χ0n) is 9.04. The molecule has 1 atom stereocenters. The van der Waals surface area contributed by atoms with Crippen LogP contribution in [-0.2, 0) is 6.42 Å². The van der Waals surface area contributed by atoms with Gasteiger partial charge in [-0.2, -0.15) is 0 Å². The summed E-state index contributed by atoms with van der Waals surface area (Å²) in [5.74, 6) is 0.487. The van der Waals surface area contributed by atoms with Crippen molar-refractivity contribution in [3.8, 4) is 0 Å². The molecule has 0 saturated heterocycles. The highest BCUT2D eigenvalue weighted by Gasteiger charge is 2.31. The van der Waals surface area contributed by atoms with Crippen molar-refractivity contribution >= 4 is 0 Å². The van der Waals surface area contributed by atoms with Gasteiger partial charge in [0.2, 0.25) is 0 Å². The fraction of sp³-hybridized carbons (Fsp3) is 0.538. The van der Waals surface area contributed by atoms with E-state index in [9.17, 15) is 9.50 Å². The summed E-state index contributed by atoms with van der Waals surface area (Å²) in [7, 11) is 0. The molecule has 1 nitrogen and oxygen atoms in total. The Morgan fingerprint density at radius 2 is 1.93 bits per heavy atom. The van der Waals surface area contributed by atoms with Crippen LogP contribution in [0.1, 0.15) is 31.7 Å². The van der Waals surface area contributed by atoms with Gasteiger partial charge in [0.15, 0.2) is 0 Å². The van der Waals surface area contributed by atoms with Crippen LogP contribution in [0.2, 0.25) is 0 Å². The van der Waals surface area contributed by atoms with Gasteiger partial charge < -0.3 is 5.11 Å². The number of benzene rings is 1. The third-order valence-corrected chi connectivity index (χ3v) is 2.92. The maximum absolute atomic E-state index is 12.7. The minimum Gasteiger partial charge on any atom is -0.390 e. The number of hydrogen-bond donors (Lipinski definition) is 1. The van der Waals surface area contributed by atoms with E-state index in [2.05, 4.69) is 0 Å². The first kappa shape index (κ1) is 10.6. The number of aliphatic hydroxyl groups is 1. The molecule has 0 aliphatic heterocycles. The third kappa shape index (κ3) is 3.31. The molecule has 0 bridgehead atoms. The molecule has 1 aromatic carbocycles. The van der Waals surface area contributed by atoms with Crippen molar-refractivity contribution in [2.75, 3.05) is 0 Å². The van der Waals surface area contributed by atoms with E-state index >= 15 is 0 Å². The zero-order chi connectivity index (χ0) is 10.9. The monoisotopic (exact) mass is 208 g/mol. The van der Waals surface area contributed by atoms with E-state index < -0.39 is 5.60 Å². The summed E-state index contributed by atoms with van der Waals surface area (Å²) in [6, 6.07) is 6.39. The summed E-state index contributed by atoms with van der Waals surface area (Å²) in [5, 5.41) is 10.2. The molecule has 1 unspecified atom stereocenters. The lowest BCUT2D eigenvalue weighted by Crippen LogP contribution is -2.27. The van der Waals surface area contributed by atoms with Crippen molar-refractivity contribution < 1.29 is 9.50 Å². The minimum atomic E-state index is -0.640. The number of halogens is 1. The molecule has 1 aliphatic carbocycles. The van der Waals surface area contributed by atoms with Gasteiger partial charge in [-0.25, -0.2) is 4.39 Å². The average Bonchev–Trinajstić information content (AvgIpc) is 2.91. The fourth-order valence-corrected chi connectivity index (χ4v) is 2.06. The van der Waals surface area contributed by atoms with Crippen LogP contribution in [0.15, 0.2) is 24.3 Å². The van der Waals surface area contributed by atoms with Crippen LogP contribution in [0.25, 0.3) is 0 Å². The molecule has 15 heavy (non-hydrogen) atoms. The molecule has 82 valence electrons. The van der Waals surface area contributed by atoms with Crippen LogP contribution in [0.5, 0.6) is 0 Å². The van der Waals surface area contributed by atoms with Crippen molar-refractivity contribution in [1.82, 2.24) is 0 Å². The van der Waals surface area contributed by atoms with Gasteiger partial charge in [0.1, 0.15) is 5.82 Å². The third-order valence-electron chi connectivity index (χ3n) is 2.92. The van der Waals surface area contributed by atoms with Gasteiger partial charge in [-0.1, -0.05) is 25.0 Å². The highest BCUT2D eigenvalue weighted by atomic mass is 19.1.